The van der Waals surface area contributed by atoms with Crippen LogP contribution in [0.2, 0.25) is 0 Å². The predicted molar refractivity (Wildman–Crippen MR) is 67.0 cm³/mol. The first-order chi connectivity index (χ1) is 8.65. The van der Waals surface area contributed by atoms with Crippen LogP contribution in [0.5, 0.6) is 0 Å². The fraction of sp³-hybridized carbons (Fsp3) is 0.273. The lowest BCUT2D eigenvalue weighted by atomic mass is 10.2. The van der Waals surface area contributed by atoms with E-state index in [4.69, 9.17) is 0 Å². The van der Waals surface area contributed by atoms with Crippen molar-refractivity contribution >= 4 is 18.0 Å². The second-order valence-electron chi connectivity index (χ2n) is 3.67. The van der Waals surface area contributed by atoms with Gasteiger partial charge < -0.3 is 0 Å². The molecule has 1 N–H and O–H groups in total. The van der Waals surface area contributed by atoms with Crippen molar-refractivity contribution in [3.8, 4) is 0 Å². The van der Waals surface area contributed by atoms with Gasteiger partial charge in [-0.15, -0.1) is 5.10 Å². The molecule has 2 rings (SSSR count). The zero-order chi connectivity index (χ0) is 13.1. The van der Waals surface area contributed by atoms with Gasteiger partial charge in [-0.05, 0) is 37.2 Å². The molecule has 2 aromatic rings. The summed E-state index contributed by atoms with van der Waals surface area (Å²) in [5.74, 6) is 0. The summed E-state index contributed by atoms with van der Waals surface area (Å²) in [6.07, 6.45) is 2.26. The molecule has 18 heavy (non-hydrogen) atoms. The minimum atomic E-state index is -0.234. The van der Waals surface area contributed by atoms with Crippen molar-refractivity contribution in [2.75, 3.05) is 0 Å². The van der Waals surface area contributed by atoms with E-state index < -0.39 is 0 Å². The van der Waals surface area contributed by atoms with E-state index >= 15 is 0 Å². The first-order valence-corrected chi connectivity index (χ1v) is 6.22. The van der Waals surface area contributed by atoms with Gasteiger partial charge in [0, 0.05) is 18.3 Å². The van der Waals surface area contributed by atoms with Crippen molar-refractivity contribution in [3.63, 3.8) is 0 Å². The van der Waals surface area contributed by atoms with Gasteiger partial charge in [0.2, 0.25) is 0 Å². The molecule has 0 aliphatic rings. The van der Waals surface area contributed by atoms with Crippen molar-refractivity contribution < 1.29 is 4.79 Å². The van der Waals surface area contributed by atoms with E-state index in [1.165, 1.54) is 22.5 Å². The number of H-pyrrole nitrogens is 1. The van der Waals surface area contributed by atoms with E-state index in [-0.39, 0.29) is 5.69 Å². The van der Waals surface area contributed by atoms with E-state index in [0.717, 1.165) is 16.9 Å². The van der Waals surface area contributed by atoms with Gasteiger partial charge in [0.25, 0.3) is 0 Å². The lowest BCUT2D eigenvalue weighted by molar-refractivity contribution is 0.112. The molecule has 0 fully saturated rings. The zero-order valence-electron chi connectivity index (χ0n) is 10.0. The van der Waals surface area contributed by atoms with Crippen LogP contribution in [0.4, 0.5) is 0 Å². The molecule has 94 valence electrons. The second-order valence-corrected chi connectivity index (χ2v) is 4.62. The summed E-state index contributed by atoms with van der Waals surface area (Å²) in [6, 6.07) is 1.75. The standard InChI is InChI=1S/C11H12N4O2S/c1-3-15-10(17)13-14-11(15)18-9-7(2)4-8(6-16)5-12-9/h4-6H,3H2,1-2H3,(H,13,17). The van der Waals surface area contributed by atoms with Gasteiger partial charge in [0.1, 0.15) is 5.03 Å². The van der Waals surface area contributed by atoms with Crippen LogP contribution >= 0.6 is 11.8 Å². The van der Waals surface area contributed by atoms with Crippen LogP contribution in [0.3, 0.4) is 0 Å². The number of hydrogen-bond acceptors (Lipinski definition) is 5. The zero-order valence-corrected chi connectivity index (χ0v) is 10.8. The molecule has 0 radical (unpaired) electrons. The van der Waals surface area contributed by atoms with Crippen molar-refractivity contribution in [1.82, 2.24) is 19.7 Å². The van der Waals surface area contributed by atoms with E-state index in [2.05, 4.69) is 15.2 Å². The SMILES string of the molecule is CCn1c(Sc2ncc(C=O)cc2C)n[nH]c1=O. The molecule has 0 bridgehead atoms. The summed E-state index contributed by atoms with van der Waals surface area (Å²) in [7, 11) is 0. The highest BCUT2D eigenvalue weighted by Crippen LogP contribution is 2.26. The van der Waals surface area contributed by atoms with E-state index in [1.54, 1.807) is 6.07 Å². The highest BCUT2D eigenvalue weighted by Gasteiger charge is 2.11. The maximum atomic E-state index is 11.4. The molecule has 7 heteroatoms. The Kier molecular flexibility index (Phi) is 3.61. The Bertz CT molecular complexity index is 632. The largest absolute Gasteiger partial charge is 0.343 e. The highest BCUT2D eigenvalue weighted by molar-refractivity contribution is 7.99. The number of aldehydes is 1. The molecule has 2 aromatic heterocycles. The Labute approximate surface area is 107 Å². The summed E-state index contributed by atoms with van der Waals surface area (Å²) >= 11 is 1.30. The molecule has 2 heterocycles. The maximum absolute atomic E-state index is 11.4. The Morgan fingerprint density at radius 3 is 2.94 bits per heavy atom. The number of pyridine rings is 1. The number of nitrogens with zero attached hydrogens (tertiary/aromatic N) is 3. The first kappa shape index (κ1) is 12.6. The normalized spacial score (nSPS) is 10.6. The van der Waals surface area contributed by atoms with Crippen molar-refractivity contribution in [2.45, 2.75) is 30.6 Å². The number of hydrogen-bond donors (Lipinski definition) is 1. The Morgan fingerprint density at radius 2 is 2.33 bits per heavy atom. The van der Waals surface area contributed by atoms with Crippen molar-refractivity contribution in [3.05, 3.63) is 33.9 Å². The van der Waals surface area contributed by atoms with Crippen LogP contribution < -0.4 is 5.69 Å². The van der Waals surface area contributed by atoms with E-state index in [0.29, 0.717) is 17.3 Å². The predicted octanol–water partition coefficient (Wildman–Crippen LogP) is 1.26. The maximum Gasteiger partial charge on any atom is 0.343 e. The van der Waals surface area contributed by atoms with Gasteiger partial charge in [0.15, 0.2) is 11.4 Å². The molecule has 0 aromatic carbocycles. The number of aromatic nitrogens is 4. The third-order valence-corrected chi connectivity index (χ3v) is 3.53. The molecule has 0 aliphatic heterocycles. The Balaban J connectivity index is 2.34. The van der Waals surface area contributed by atoms with Gasteiger partial charge in [-0.1, -0.05) is 0 Å². The fourth-order valence-corrected chi connectivity index (χ4v) is 2.41. The Morgan fingerprint density at radius 1 is 1.56 bits per heavy atom. The number of nitrogens with one attached hydrogen (secondary N) is 1. The molecule has 0 unspecified atom stereocenters. The smallest absolute Gasteiger partial charge is 0.298 e. The Hall–Kier alpha value is -1.89. The summed E-state index contributed by atoms with van der Waals surface area (Å²) in [4.78, 5) is 26.2. The monoisotopic (exact) mass is 264 g/mol. The third kappa shape index (κ3) is 2.35. The van der Waals surface area contributed by atoms with Gasteiger partial charge >= 0.3 is 5.69 Å². The lowest BCUT2D eigenvalue weighted by Gasteiger charge is -2.04. The number of carbonyl (C=O) groups is 1. The van der Waals surface area contributed by atoms with Gasteiger partial charge in [-0.2, -0.15) is 0 Å². The van der Waals surface area contributed by atoms with Gasteiger partial charge in [-0.3, -0.25) is 9.36 Å². The van der Waals surface area contributed by atoms with Gasteiger partial charge in [0.05, 0.1) is 0 Å². The van der Waals surface area contributed by atoms with Crippen molar-refractivity contribution in [2.24, 2.45) is 0 Å². The van der Waals surface area contributed by atoms with Crippen LogP contribution in [0.1, 0.15) is 22.8 Å². The molecule has 0 atom stereocenters. The second kappa shape index (κ2) is 5.18. The minimum Gasteiger partial charge on any atom is -0.298 e. The van der Waals surface area contributed by atoms with Crippen LogP contribution in [-0.2, 0) is 6.54 Å². The molecule has 0 aliphatic carbocycles. The van der Waals surface area contributed by atoms with Crippen LogP contribution in [0.25, 0.3) is 0 Å². The minimum absolute atomic E-state index is 0.234. The highest BCUT2D eigenvalue weighted by atomic mass is 32.2. The quantitative estimate of drug-likeness (QED) is 0.841. The van der Waals surface area contributed by atoms with Crippen LogP contribution in [0.15, 0.2) is 27.2 Å². The topological polar surface area (TPSA) is 80.6 Å². The average molecular weight is 264 g/mol. The fourth-order valence-electron chi connectivity index (χ4n) is 1.50. The molecule has 0 saturated carbocycles. The summed E-state index contributed by atoms with van der Waals surface area (Å²) < 4.78 is 1.53. The number of aryl methyl sites for hydroxylation is 1. The molecular formula is C11H12N4O2S. The third-order valence-electron chi connectivity index (χ3n) is 2.41. The first-order valence-electron chi connectivity index (χ1n) is 5.40. The number of carbonyl (C=O) groups excluding carboxylic acids is 1. The summed E-state index contributed by atoms with van der Waals surface area (Å²) in [5.41, 5.74) is 1.18. The van der Waals surface area contributed by atoms with E-state index in [1.807, 2.05) is 13.8 Å². The average Bonchev–Trinajstić information content (AvgIpc) is 2.72. The van der Waals surface area contributed by atoms with Gasteiger partial charge in [-0.25, -0.2) is 14.9 Å². The molecule has 0 saturated heterocycles. The molecule has 0 spiro atoms. The summed E-state index contributed by atoms with van der Waals surface area (Å²) in [6.45, 7) is 4.28. The molecular weight excluding hydrogens is 252 g/mol. The number of aromatic amines is 1. The van der Waals surface area contributed by atoms with Crippen LogP contribution in [-0.4, -0.2) is 26.0 Å². The lowest BCUT2D eigenvalue weighted by Crippen LogP contribution is -2.16. The molecule has 6 nitrogen and oxygen atoms in total. The van der Waals surface area contributed by atoms with Crippen molar-refractivity contribution in [1.29, 1.82) is 0 Å². The summed E-state index contributed by atoms with van der Waals surface area (Å²) in [5, 5.41) is 7.64. The molecule has 0 amide bonds. The van der Waals surface area contributed by atoms with E-state index in [9.17, 15) is 9.59 Å². The van der Waals surface area contributed by atoms with Crippen LogP contribution in [0, 0.1) is 6.92 Å². The number of rotatable bonds is 4.